The van der Waals surface area contributed by atoms with E-state index in [2.05, 4.69) is 18.0 Å². The predicted molar refractivity (Wildman–Crippen MR) is 83.0 cm³/mol. The highest BCUT2D eigenvalue weighted by Crippen LogP contribution is 2.57. The monoisotopic (exact) mass is 287 g/mol. The van der Waals surface area contributed by atoms with Crippen LogP contribution in [0.15, 0.2) is 12.1 Å². The summed E-state index contributed by atoms with van der Waals surface area (Å²) in [6.07, 6.45) is 7.53. The maximum Gasteiger partial charge on any atom is 0.122 e. The Bertz CT molecular complexity index is 571. The van der Waals surface area contributed by atoms with E-state index in [0.717, 1.165) is 18.1 Å². The minimum atomic E-state index is 0.287. The highest BCUT2D eigenvalue weighted by Gasteiger charge is 2.53. The number of ether oxygens (including phenoxy) is 1. The van der Waals surface area contributed by atoms with Gasteiger partial charge in [0.05, 0.1) is 7.11 Å². The summed E-state index contributed by atoms with van der Waals surface area (Å²) in [5.74, 6) is 2.00. The fourth-order valence-electron chi connectivity index (χ4n) is 5.37. The van der Waals surface area contributed by atoms with Crippen molar-refractivity contribution in [1.29, 1.82) is 0 Å². The zero-order chi connectivity index (χ0) is 14.6. The molecule has 3 aliphatic rings. The van der Waals surface area contributed by atoms with Gasteiger partial charge in [0.2, 0.25) is 0 Å². The predicted octanol–water partition coefficient (Wildman–Crippen LogP) is 3.09. The molecular weight excluding hydrogens is 262 g/mol. The topological polar surface area (TPSA) is 32.7 Å². The molecule has 0 unspecified atom stereocenters. The van der Waals surface area contributed by atoms with E-state index < -0.39 is 0 Å². The van der Waals surface area contributed by atoms with Crippen molar-refractivity contribution in [2.24, 2.45) is 5.92 Å². The van der Waals surface area contributed by atoms with Crippen LogP contribution in [0.4, 0.5) is 0 Å². The Hall–Kier alpha value is -1.22. The van der Waals surface area contributed by atoms with Crippen LogP contribution in [0.25, 0.3) is 0 Å². The quantitative estimate of drug-likeness (QED) is 0.861. The van der Waals surface area contributed by atoms with Crippen molar-refractivity contribution in [1.82, 2.24) is 4.90 Å². The molecule has 0 radical (unpaired) electrons. The molecule has 0 aromatic heterocycles. The number of aromatic hydroxyl groups is 1. The zero-order valence-electron chi connectivity index (χ0n) is 13.1. The van der Waals surface area contributed by atoms with Gasteiger partial charge in [0, 0.05) is 17.5 Å². The van der Waals surface area contributed by atoms with Gasteiger partial charge in [-0.1, -0.05) is 12.8 Å². The van der Waals surface area contributed by atoms with Gasteiger partial charge in [0.1, 0.15) is 11.5 Å². The van der Waals surface area contributed by atoms with E-state index >= 15 is 0 Å². The highest BCUT2D eigenvalue weighted by molar-refractivity contribution is 5.52. The SMILES string of the molecule is COc1cc(O)c2c(c1)[C@@]13CCCC[C@H]1[C@@H](C2)N(C)CC3. The van der Waals surface area contributed by atoms with Gasteiger partial charge in [0.25, 0.3) is 0 Å². The maximum absolute atomic E-state index is 10.5. The minimum absolute atomic E-state index is 0.287. The molecule has 114 valence electrons. The van der Waals surface area contributed by atoms with Crippen LogP contribution in [0.5, 0.6) is 11.5 Å². The lowest BCUT2D eigenvalue weighted by molar-refractivity contribution is 0.00214. The lowest BCUT2D eigenvalue weighted by Crippen LogP contribution is -2.59. The Morgan fingerprint density at radius 1 is 1.29 bits per heavy atom. The molecule has 1 N–H and O–H groups in total. The number of likely N-dealkylation sites (tertiary alicyclic amines) is 1. The van der Waals surface area contributed by atoms with E-state index in [9.17, 15) is 5.11 Å². The molecule has 1 saturated heterocycles. The zero-order valence-corrected chi connectivity index (χ0v) is 13.1. The molecule has 0 spiro atoms. The number of phenolic OH excluding ortho intramolecular Hbond substituents is 1. The number of methoxy groups -OCH3 is 1. The fourth-order valence-corrected chi connectivity index (χ4v) is 5.37. The summed E-state index contributed by atoms with van der Waals surface area (Å²) in [5.41, 5.74) is 2.87. The van der Waals surface area contributed by atoms with E-state index in [0.29, 0.717) is 11.8 Å². The Labute approximate surface area is 126 Å². The van der Waals surface area contributed by atoms with E-state index in [-0.39, 0.29) is 5.41 Å². The molecule has 3 nitrogen and oxygen atoms in total. The Morgan fingerprint density at radius 3 is 2.95 bits per heavy atom. The van der Waals surface area contributed by atoms with Crippen LogP contribution < -0.4 is 4.74 Å². The van der Waals surface area contributed by atoms with Gasteiger partial charge >= 0.3 is 0 Å². The van der Waals surface area contributed by atoms with Gasteiger partial charge in [-0.2, -0.15) is 0 Å². The van der Waals surface area contributed by atoms with Gasteiger partial charge < -0.3 is 14.7 Å². The third-order valence-corrected chi connectivity index (χ3v) is 6.42. The molecule has 3 atom stereocenters. The molecule has 21 heavy (non-hydrogen) atoms. The first-order chi connectivity index (χ1) is 10.2. The van der Waals surface area contributed by atoms with Crippen molar-refractivity contribution in [3.8, 4) is 11.5 Å². The summed E-state index contributed by atoms with van der Waals surface area (Å²) in [6.45, 7) is 1.18. The number of hydrogen-bond donors (Lipinski definition) is 1. The third-order valence-electron chi connectivity index (χ3n) is 6.42. The molecule has 1 aliphatic heterocycles. The number of rotatable bonds is 1. The molecule has 1 aromatic rings. The Kier molecular flexibility index (Phi) is 2.97. The molecule has 1 saturated carbocycles. The molecule has 3 heteroatoms. The first kappa shape index (κ1) is 13.4. The maximum atomic E-state index is 10.5. The van der Waals surface area contributed by atoms with E-state index in [1.165, 1.54) is 49.8 Å². The molecule has 0 amide bonds. The molecule has 1 heterocycles. The molecule has 1 aromatic carbocycles. The second kappa shape index (κ2) is 4.64. The second-order valence-electron chi connectivity index (χ2n) is 7.18. The summed E-state index contributed by atoms with van der Waals surface area (Å²) < 4.78 is 5.43. The number of phenols is 1. The Morgan fingerprint density at radius 2 is 2.14 bits per heavy atom. The van der Waals surface area contributed by atoms with Crippen molar-refractivity contribution in [2.75, 3.05) is 20.7 Å². The number of piperidine rings is 1. The van der Waals surface area contributed by atoms with Crippen LogP contribution in [0.3, 0.4) is 0 Å². The smallest absolute Gasteiger partial charge is 0.122 e. The van der Waals surface area contributed by atoms with Gasteiger partial charge in [-0.15, -0.1) is 0 Å². The average Bonchev–Trinajstić information content (AvgIpc) is 2.51. The number of fused-ring (bicyclic) bond motifs is 1. The van der Waals surface area contributed by atoms with Crippen LogP contribution in [0.2, 0.25) is 0 Å². The van der Waals surface area contributed by atoms with Crippen molar-refractivity contribution in [3.63, 3.8) is 0 Å². The largest absolute Gasteiger partial charge is 0.508 e. The van der Waals surface area contributed by atoms with Crippen molar-refractivity contribution in [3.05, 3.63) is 23.3 Å². The number of likely N-dealkylation sites (N-methyl/N-ethyl adjacent to an activating group) is 1. The van der Waals surface area contributed by atoms with Crippen LogP contribution in [0, 0.1) is 5.92 Å². The minimum Gasteiger partial charge on any atom is -0.508 e. The van der Waals surface area contributed by atoms with Crippen LogP contribution in [-0.4, -0.2) is 36.8 Å². The fraction of sp³-hybridized carbons (Fsp3) is 0.667. The number of hydrogen-bond acceptors (Lipinski definition) is 3. The van der Waals surface area contributed by atoms with E-state index in [1.807, 2.05) is 0 Å². The first-order valence-corrected chi connectivity index (χ1v) is 8.26. The summed E-state index contributed by atoms with van der Waals surface area (Å²) in [6, 6.07) is 4.61. The standard InChI is InChI=1S/C18H25NO2/c1-19-8-7-18-6-4-3-5-14(18)16(19)11-13-15(18)9-12(21-2)10-17(13)20/h9-10,14,16,20H,3-8,11H2,1-2H3/t14-,16+,18+/m0/s1. The summed E-state index contributed by atoms with van der Waals surface area (Å²) in [4.78, 5) is 2.53. The van der Waals surface area contributed by atoms with Crippen LogP contribution >= 0.6 is 0 Å². The number of nitrogens with zero attached hydrogens (tertiary/aromatic N) is 1. The normalized spacial score (nSPS) is 35.0. The van der Waals surface area contributed by atoms with Crippen molar-refractivity contribution < 1.29 is 9.84 Å². The summed E-state index contributed by atoms with van der Waals surface area (Å²) in [7, 11) is 3.95. The second-order valence-corrected chi connectivity index (χ2v) is 7.18. The van der Waals surface area contributed by atoms with Gasteiger partial charge in [-0.25, -0.2) is 0 Å². The van der Waals surface area contributed by atoms with E-state index in [4.69, 9.17) is 4.74 Å². The van der Waals surface area contributed by atoms with Crippen LogP contribution in [0.1, 0.15) is 43.2 Å². The average molecular weight is 287 g/mol. The molecular formula is C18H25NO2. The van der Waals surface area contributed by atoms with Crippen molar-refractivity contribution in [2.45, 2.75) is 50.0 Å². The van der Waals surface area contributed by atoms with Gasteiger partial charge in [-0.05, 0) is 62.4 Å². The first-order valence-electron chi connectivity index (χ1n) is 8.26. The van der Waals surface area contributed by atoms with Gasteiger partial charge in [-0.3, -0.25) is 0 Å². The molecule has 4 rings (SSSR count). The third kappa shape index (κ3) is 1.76. The lowest BCUT2D eigenvalue weighted by Gasteiger charge is -2.58. The van der Waals surface area contributed by atoms with Crippen molar-refractivity contribution >= 4 is 0 Å². The van der Waals surface area contributed by atoms with Crippen LogP contribution in [-0.2, 0) is 11.8 Å². The molecule has 2 bridgehead atoms. The number of benzene rings is 1. The lowest BCUT2D eigenvalue weighted by atomic mass is 9.52. The summed E-state index contributed by atoms with van der Waals surface area (Å²) in [5, 5.41) is 10.5. The molecule has 2 aliphatic carbocycles. The molecule has 2 fully saturated rings. The van der Waals surface area contributed by atoms with Gasteiger partial charge in [0.15, 0.2) is 0 Å². The Balaban J connectivity index is 1.92. The van der Waals surface area contributed by atoms with E-state index in [1.54, 1.807) is 13.2 Å². The summed E-state index contributed by atoms with van der Waals surface area (Å²) >= 11 is 0. The highest BCUT2D eigenvalue weighted by atomic mass is 16.5.